The van der Waals surface area contributed by atoms with E-state index in [0.29, 0.717) is 11.8 Å². The number of imidazole rings is 1. The van der Waals surface area contributed by atoms with Crippen molar-refractivity contribution in [2.75, 3.05) is 0 Å². The number of aromatic nitrogens is 2. The maximum atomic E-state index is 6.76. The molecule has 0 unspecified atom stereocenters. The molecule has 0 bridgehead atoms. The Balaban J connectivity index is 1.54. The number of hydrogen-bond donors (Lipinski definition) is 0. The van der Waals surface area contributed by atoms with Gasteiger partial charge in [-0.1, -0.05) is 30.3 Å². The fraction of sp³-hybridized carbons (Fsp3) is 0.225. The van der Waals surface area contributed by atoms with Gasteiger partial charge in [-0.2, -0.15) is 0 Å². The van der Waals surface area contributed by atoms with Crippen LogP contribution in [0.25, 0.3) is 61.2 Å². The molecule has 5 aromatic carbocycles. The van der Waals surface area contributed by atoms with Crippen molar-refractivity contribution in [3.05, 3.63) is 114 Å². The zero-order chi connectivity index (χ0) is 30.7. The van der Waals surface area contributed by atoms with Crippen molar-refractivity contribution in [1.29, 1.82) is 0 Å². The molecule has 0 aliphatic rings. The number of rotatable bonds is 6. The summed E-state index contributed by atoms with van der Waals surface area (Å²) < 4.78 is 10.7. The molecule has 0 aliphatic carbocycles. The molecule has 7 aromatic rings. The Morgan fingerprint density at radius 3 is 2.02 bits per heavy atom. The van der Waals surface area contributed by atoms with E-state index in [1.54, 1.807) is 4.40 Å². The van der Waals surface area contributed by atoms with Crippen molar-refractivity contribution < 1.29 is 4.42 Å². The monoisotopic (exact) mass is 638 g/mol. The van der Waals surface area contributed by atoms with Gasteiger partial charge < -0.3 is 0 Å². The second kappa shape index (κ2) is 10.8. The molecular formula is C40H40GeN2O. The summed E-state index contributed by atoms with van der Waals surface area (Å²) in [6.07, 6.45) is 0. The molecule has 0 amide bonds. The van der Waals surface area contributed by atoms with Crippen molar-refractivity contribution >= 4 is 50.6 Å². The Bertz CT molecular complexity index is 2130. The van der Waals surface area contributed by atoms with Gasteiger partial charge in [-0.25, -0.2) is 0 Å². The van der Waals surface area contributed by atoms with Crippen LogP contribution in [0.3, 0.4) is 0 Å². The van der Waals surface area contributed by atoms with E-state index in [4.69, 9.17) is 9.40 Å². The van der Waals surface area contributed by atoms with Crippen LogP contribution in [0.15, 0.2) is 108 Å². The van der Waals surface area contributed by atoms with Gasteiger partial charge in [0.1, 0.15) is 0 Å². The van der Waals surface area contributed by atoms with Gasteiger partial charge in [0.25, 0.3) is 0 Å². The van der Waals surface area contributed by atoms with Crippen molar-refractivity contribution in [2.24, 2.45) is 0 Å². The topological polar surface area (TPSA) is 31.0 Å². The summed E-state index contributed by atoms with van der Waals surface area (Å²) in [7, 11) is 0. The van der Waals surface area contributed by atoms with Crippen molar-refractivity contribution in [1.82, 2.24) is 9.55 Å². The third kappa shape index (κ3) is 4.78. The van der Waals surface area contributed by atoms with Crippen molar-refractivity contribution in [2.45, 2.75) is 56.8 Å². The minimum atomic E-state index is -2.11. The Morgan fingerprint density at radius 1 is 0.659 bits per heavy atom. The number of nitrogens with zero attached hydrogens (tertiary/aromatic N) is 2. The standard InChI is InChI=1S/C40H40GeN2O/c1-25(2)33-23-29(41(5,6)7)24-34(26(3)4)38(33)43-36-19-12-11-18-35(36)42-40(43)32-17-13-16-31-30-21-20-28(22-37(30)44-39(31)32)27-14-9-8-10-15-27/h8-26H,1-7H3. The van der Waals surface area contributed by atoms with Gasteiger partial charge in [-0.05, 0) is 5.56 Å². The fourth-order valence-corrected chi connectivity index (χ4v) is 8.94. The summed E-state index contributed by atoms with van der Waals surface area (Å²) in [5.74, 6) is 9.12. The summed E-state index contributed by atoms with van der Waals surface area (Å²) in [6.45, 7) is 9.30. The first-order valence-corrected chi connectivity index (χ1v) is 23.1. The van der Waals surface area contributed by atoms with Crippen molar-refractivity contribution in [3.63, 3.8) is 0 Å². The van der Waals surface area contributed by atoms with E-state index in [0.717, 1.165) is 49.9 Å². The van der Waals surface area contributed by atoms with Crippen LogP contribution in [0.2, 0.25) is 17.3 Å². The first kappa shape index (κ1) is 28.7. The number of hydrogen-bond acceptors (Lipinski definition) is 2. The molecular weight excluding hydrogens is 597 g/mol. The second-order valence-electron chi connectivity index (χ2n) is 13.7. The predicted molar refractivity (Wildman–Crippen MR) is 190 cm³/mol. The average molecular weight is 637 g/mol. The van der Waals surface area contributed by atoms with E-state index >= 15 is 0 Å². The van der Waals surface area contributed by atoms with Crippen LogP contribution in [-0.4, -0.2) is 22.8 Å². The first-order valence-electron chi connectivity index (χ1n) is 15.8. The zero-order valence-electron chi connectivity index (χ0n) is 26.8. The molecule has 0 aliphatic heterocycles. The van der Waals surface area contributed by atoms with E-state index in [1.807, 2.05) is 0 Å². The molecule has 0 radical (unpaired) electrons. The number of para-hydroxylation sites is 3. The van der Waals surface area contributed by atoms with E-state index in [-0.39, 0.29) is 0 Å². The predicted octanol–water partition coefficient (Wildman–Crippen LogP) is 11.1. The van der Waals surface area contributed by atoms with Crippen LogP contribution in [0.5, 0.6) is 0 Å². The van der Waals surface area contributed by atoms with Crippen molar-refractivity contribution in [3.8, 4) is 28.2 Å². The fourth-order valence-electron chi connectivity index (χ4n) is 6.47. The zero-order valence-corrected chi connectivity index (χ0v) is 28.9. The van der Waals surface area contributed by atoms with Gasteiger partial charge >= 0.3 is 228 Å². The SMILES string of the molecule is CC(C)c1c[c]([Ge]([CH3])([CH3])[CH3])cc(C(C)C)c1-n1c(-c2cccc3c2oc2cc(-c4ccccc4)ccc23)nc2ccccc21. The van der Waals surface area contributed by atoms with Gasteiger partial charge in [0.2, 0.25) is 0 Å². The first-order chi connectivity index (χ1) is 21.1. The molecule has 0 atom stereocenters. The normalized spacial score (nSPS) is 12.4. The van der Waals surface area contributed by atoms with Crippen LogP contribution in [0.4, 0.5) is 0 Å². The molecule has 0 fully saturated rings. The third-order valence-electron chi connectivity index (χ3n) is 8.91. The molecule has 7 rings (SSSR count). The molecule has 2 heterocycles. The van der Waals surface area contributed by atoms with Gasteiger partial charge in [0.05, 0.1) is 0 Å². The van der Waals surface area contributed by atoms with Crippen LogP contribution in [-0.2, 0) is 0 Å². The van der Waals surface area contributed by atoms with Crippen LogP contribution in [0.1, 0.15) is 50.7 Å². The molecule has 0 saturated carbocycles. The minimum absolute atomic E-state index is 0.361. The van der Waals surface area contributed by atoms with Crippen LogP contribution in [0, 0.1) is 0 Å². The quantitative estimate of drug-likeness (QED) is 0.170. The number of benzene rings is 5. The Labute approximate surface area is 262 Å². The molecule has 3 nitrogen and oxygen atoms in total. The molecule has 44 heavy (non-hydrogen) atoms. The average Bonchev–Trinajstić information content (AvgIpc) is 3.58. The van der Waals surface area contributed by atoms with Crippen LogP contribution < -0.4 is 4.40 Å². The molecule has 2 aromatic heterocycles. The molecule has 0 spiro atoms. The maximum absolute atomic E-state index is 6.76. The summed E-state index contributed by atoms with van der Waals surface area (Å²) >= 11 is -2.11. The van der Waals surface area contributed by atoms with Gasteiger partial charge in [-0.15, -0.1) is 0 Å². The Hall–Kier alpha value is -4.09. The Kier molecular flexibility index (Phi) is 7.05. The van der Waals surface area contributed by atoms with Gasteiger partial charge in [0, 0.05) is 0 Å². The summed E-state index contributed by atoms with van der Waals surface area (Å²) in [6, 6.07) is 37.1. The Morgan fingerprint density at radius 2 is 1.34 bits per heavy atom. The van der Waals surface area contributed by atoms with Gasteiger partial charge in [0.15, 0.2) is 0 Å². The second-order valence-corrected chi connectivity index (χ2v) is 24.3. The van der Waals surface area contributed by atoms with E-state index in [1.165, 1.54) is 22.4 Å². The summed E-state index contributed by atoms with van der Waals surface area (Å²) in [5.41, 5.74) is 11.3. The van der Waals surface area contributed by atoms with E-state index in [9.17, 15) is 0 Å². The molecule has 4 heteroatoms. The van der Waals surface area contributed by atoms with Crippen LogP contribution >= 0.6 is 0 Å². The number of fused-ring (bicyclic) bond motifs is 4. The summed E-state index contributed by atoms with van der Waals surface area (Å²) in [4.78, 5) is 5.33. The molecule has 220 valence electrons. The van der Waals surface area contributed by atoms with Gasteiger partial charge in [-0.3, -0.25) is 0 Å². The molecule has 0 saturated heterocycles. The number of furan rings is 1. The van der Waals surface area contributed by atoms with E-state index < -0.39 is 13.3 Å². The summed E-state index contributed by atoms with van der Waals surface area (Å²) in [5, 5.41) is 2.23. The third-order valence-corrected chi connectivity index (χ3v) is 13.1. The molecule has 0 N–H and O–H groups in total. The van der Waals surface area contributed by atoms with E-state index in [2.05, 4.69) is 153 Å².